The highest BCUT2D eigenvalue weighted by molar-refractivity contribution is 5.75. The van der Waals surface area contributed by atoms with Crippen molar-refractivity contribution in [3.05, 3.63) is 41.9 Å². The van der Waals surface area contributed by atoms with Crippen molar-refractivity contribution >= 4 is 11.0 Å². The van der Waals surface area contributed by atoms with Crippen molar-refractivity contribution in [2.24, 2.45) is 12.5 Å². The average Bonchev–Trinajstić information content (AvgIpc) is 3.00. The third kappa shape index (κ3) is 2.63. The molecule has 0 amide bonds. The van der Waals surface area contributed by atoms with Gasteiger partial charge in [-0.1, -0.05) is 12.1 Å². The molecular formula is C20H25N5O. The van der Waals surface area contributed by atoms with Crippen LogP contribution in [0.4, 0.5) is 0 Å². The third-order valence-electron chi connectivity index (χ3n) is 6.41. The number of likely N-dealkylation sites (tertiary alicyclic amines) is 1. The van der Waals surface area contributed by atoms with Crippen molar-refractivity contribution < 1.29 is 4.42 Å². The maximum absolute atomic E-state index is 5.66. The maximum Gasteiger partial charge on any atom is 0.220 e. The van der Waals surface area contributed by atoms with E-state index in [0.29, 0.717) is 17.2 Å². The van der Waals surface area contributed by atoms with Gasteiger partial charge in [-0.05, 0) is 49.9 Å². The van der Waals surface area contributed by atoms with Crippen molar-refractivity contribution in [3.63, 3.8) is 0 Å². The summed E-state index contributed by atoms with van der Waals surface area (Å²) in [5.41, 5.74) is 2.74. The lowest BCUT2D eigenvalue weighted by atomic mass is 9.90. The highest BCUT2D eigenvalue weighted by atomic mass is 16.4. The number of aromatic nitrogens is 4. The maximum atomic E-state index is 5.66. The van der Waals surface area contributed by atoms with Crippen LogP contribution in [-0.4, -0.2) is 44.3 Å². The average molecular weight is 351 g/mol. The minimum Gasteiger partial charge on any atom is -0.425 e. The van der Waals surface area contributed by atoms with Crippen LogP contribution < -0.4 is 0 Å². The van der Waals surface area contributed by atoms with E-state index in [-0.39, 0.29) is 0 Å². The summed E-state index contributed by atoms with van der Waals surface area (Å²) in [5.74, 6) is 3.21. The predicted octanol–water partition coefficient (Wildman–Crippen LogP) is 3.08. The molecular weight excluding hydrogens is 326 g/mol. The predicted molar refractivity (Wildman–Crippen MR) is 98.9 cm³/mol. The molecule has 1 aromatic carbocycles. The first-order valence-corrected chi connectivity index (χ1v) is 9.57. The fraction of sp³-hybridized carbons (Fsp3) is 0.550. The number of nitrogens with zero attached hydrogens (tertiary/aromatic N) is 5. The summed E-state index contributed by atoms with van der Waals surface area (Å²) in [6.45, 7) is 5.27. The highest BCUT2D eigenvalue weighted by Gasteiger charge is 2.57. The zero-order valence-electron chi connectivity index (χ0n) is 15.5. The first-order chi connectivity index (χ1) is 12.6. The number of hydrogen-bond donors (Lipinski definition) is 0. The van der Waals surface area contributed by atoms with Crippen LogP contribution in [0.25, 0.3) is 11.0 Å². The Labute approximate surface area is 153 Å². The Morgan fingerprint density at radius 2 is 2.00 bits per heavy atom. The Balaban J connectivity index is 1.18. The van der Waals surface area contributed by atoms with Gasteiger partial charge in [0.25, 0.3) is 0 Å². The molecule has 136 valence electrons. The zero-order chi connectivity index (χ0) is 17.7. The van der Waals surface area contributed by atoms with Crippen LogP contribution in [0.1, 0.15) is 42.8 Å². The van der Waals surface area contributed by atoms with Gasteiger partial charge in [-0.25, -0.2) is 4.98 Å². The molecule has 6 heteroatoms. The number of para-hydroxylation sites is 2. The molecule has 1 aliphatic carbocycles. The van der Waals surface area contributed by atoms with E-state index in [4.69, 9.17) is 9.40 Å². The quantitative estimate of drug-likeness (QED) is 0.723. The second-order valence-electron chi connectivity index (χ2n) is 7.95. The standard InChI is InChI=1S/C20H25N5O/c1-14-22-23-19(26-14)15-13-20(15)8-11-25(12-9-20)10-7-18-21-16-5-3-4-6-17(16)24(18)2/h3-6,15H,7-13H2,1-2H3. The molecule has 3 heterocycles. The molecule has 1 atom stereocenters. The second-order valence-corrected chi connectivity index (χ2v) is 7.95. The van der Waals surface area contributed by atoms with Crippen LogP contribution >= 0.6 is 0 Å². The molecule has 0 N–H and O–H groups in total. The smallest absolute Gasteiger partial charge is 0.220 e. The molecule has 1 spiro atoms. The Hall–Kier alpha value is -2.21. The summed E-state index contributed by atoms with van der Waals surface area (Å²) in [7, 11) is 2.12. The number of piperidine rings is 1. The number of imidazole rings is 1. The fourth-order valence-electron chi connectivity index (χ4n) is 4.60. The number of hydrogen-bond acceptors (Lipinski definition) is 5. The summed E-state index contributed by atoms with van der Waals surface area (Å²) in [4.78, 5) is 7.38. The minimum absolute atomic E-state index is 0.424. The Bertz CT molecular complexity index is 935. The molecule has 1 saturated carbocycles. The first kappa shape index (κ1) is 16.0. The van der Waals surface area contributed by atoms with Crippen LogP contribution in [0.2, 0.25) is 0 Å². The molecule has 0 bridgehead atoms. The number of benzene rings is 1. The molecule has 2 aromatic heterocycles. The monoisotopic (exact) mass is 351 g/mol. The number of aryl methyl sites for hydroxylation is 2. The van der Waals surface area contributed by atoms with Crippen molar-refractivity contribution in [3.8, 4) is 0 Å². The molecule has 6 nitrogen and oxygen atoms in total. The van der Waals surface area contributed by atoms with E-state index < -0.39 is 0 Å². The number of rotatable bonds is 4. The van der Waals surface area contributed by atoms with Crippen LogP contribution in [0, 0.1) is 12.3 Å². The van der Waals surface area contributed by atoms with Crippen molar-refractivity contribution in [1.29, 1.82) is 0 Å². The molecule has 1 saturated heterocycles. The van der Waals surface area contributed by atoms with E-state index in [1.807, 2.05) is 6.92 Å². The Morgan fingerprint density at radius 1 is 1.19 bits per heavy atom. The lowest BCUT2D eigenvalue weighted by Gasteiger charge is -2.32. The summed E-state index contributed by atoms with van der Waals surface area (Å²) < 4.78 is 7.89. The Morgan fingerprint density at radius 3 is 2.73 bits per heavy atom. The van der Waals surface area contributed by atoms with Gasteiger partial charge in [0.2, 0.25) is 11.8 Å². The molecule has 1 unspecified atom stereocenters. The first-order valence-electron chi connectivity index (χ1n) is 9.57. The summed E-state index contributed by atoms with van der Waals surface area (Å²) in [6, 6.07) is 8.37. The minimum atomic E-state index is 0.424. The lowest BCUT2D eigenvalue weighted by molar-refractivity contribution is 0.167. The van der Waals surface area contributed by atoms with Gasteiger partial charge in [0.15, 0.2) is 0 Å². The van der Waals surface area contributed by atoms with Gasteiger partial charge in [-0.2, -0.15) is 0 Å². The molecule has 26 heavy (non-hydrogen) atoms. The van der Waals surface area contributed by atoms with E-state index in [1.165, 1.54) is 30.6 Å². The molecule has 2 fully saturated rings. The summed E-state index contributed by atoms with van der Waals surface area (Å²) in [5, 5.41) is 8.24. The van der Waals surface area contributed by atoms with Crippen LogP contribution in [0.15, 0.2) is 28.7 Å². The SMILES string of the molecule is Cc1nnc(C2CC23CCN(CCc2nc4ccccc4n2C)CC3)o1. The Kier molecular flexibility index (Phi) is 3.64. The zero-order valence-corrected chi connectivity index (χ0v) is 15.5. The second kappa shape index (κ2) is 5.91. The van der Waals surface area contributed by atoms with Crippen molar-refractivity contribution in [2.75, 3.05) is 19.6 Å². The fourth-order valence-corrected chi connectivity index (χ4v) is 4.60. The molecule has 2 aliphatic rings. The van der Waals surface area contributed by atoms with Crippen LogP contribution in [0.5, 0.6) is 0 Å². The van der Waals surface area contributed by atoms with E-state index in [2.05, 4.69) is 51.0 Å². The van der Waals surface area contributed by atoms with Crippen molar-refractivity contribution in [1.82, 2.24) is 24.6 Å². The van der Waals surface area contributed by atoms with Gasteiger partial charge in [0.1, 0.15) is 5.82 Å². The normalized spacial score (nSPS) is 22.3. The van der Waals surface area contributed by atoms with E-state index in [1.54, 1.807) is 0 Å². The van der Waals surface area contributed by atoms with Gasteiger partial charge < -0.3 is 13.9 Å². The van der Waals surface area contributed by atoms with Gasteiger partial charge in [0.05, 0.1) is 11.0 Å². The van der Waals surface area contributed by atoms with E-state index >= 15 is 0 Å². The molecule has 5 rings (SSSR count). The van der Waals surface area contributed by atoms with E-state index in [9.17, 15) is 0 Å². The molecule has 0 radical (unpaired) electrons. The highest BCUT2D eigenvalue weighted by Crippen LogP contribution is 2.64. The van der Waals surface area contributed by atoms with Crippen LogP contribution in [-0.2, 0) is 13.5 Å². The van der Waals surface area contributed by atoms with Gasteiger partial charge in [-0.15, -0.1) is 10.2 Å². The third-order valence-corrected chi connectivity index (χ3v) is 6.41. The van der Waals surface area contributed by atoms with E-state index in [0.717, 1.165) is 37.5 Å². The number of fused-ring (bicyclic) bond motifs is 1. The lowest BCUT2D eigenvalue weighted by Crippen LogP contribution is -2.36. The topological polar surface area (TPSA) is 60.0 Å². The van der Waals surface area contributed by atoms with Crippen LogP contribution in [0.3, 0.4) is 0 Å². The van der Waals surface area contributed by atoms with Crippen molar-refractivity contribution in [2.45, 2.75) is 38.5 Å². The molecule has 3 aromatic rings. The summed E-state index contributed by atoms with van der Waals surface area (Å²) in [6.07, 6.45) is 4.70. The largest absolute Gasteiger partial charge is 0.425 e. The van der Waals surface area contributed by atoms with Gasteiger partial charge in [0, 0.05) is 32.9 Å². The van der Waals surface area contributed by atoms with Gasteiger partial charge in [-0.3, -0.25) is 0 Å². The molecule has 1 aliphatic heterocycles. The summed E-state index contributed by atoms with van der Waals surface area (Å²) >= 11 is 0. The van der Waals surface area contributed by atoms with Gasteiger partial charge >= 0.3 is 0 Å².